The van der Waals surface area contributed by atoms with E-state index in [0.717, 1.165) is 23.9 Å². The summed E-state index contributed by atoms with van der Waals surface area (Å²) in [7, 11) is 1.91. The highest BCUT2D eigenvalue weighted by Crippen LogP contribution is 2.48. The minimum Gasteiger partial charge on any atom is -0.341 e. The fourth-order valence-corrected chi connectivity index (χ4v) is 4.20. The van der Waals surface area contributed by atoms with Gasteiger partial charge in [0.05, 0.1) is 11.3 Å². The van der Waals surface area contributed by atoms with Gasteiger partial charge in [0.15, 0.2) is 0 Å². The van der Waals surface area contributed by atoms with Crippen molar-refractivity contribution >= 4 is 11.6 Å². The molecule has 114 valence electrons. The van der Waals surface area contributed by atoms with E-state index in [0.29, 0.717) is 17.2 Å². The smallest absolute Gasteiger partial charge is 0.255 e. The van der Waals surface area contributed by atoms with Gasteiger partial charge in [-0.3, -0.25) is 10.6 Å². The summed E-state index contributed by atoms with van der Waals surface area (Å²) in [5, 5.41) is 0. The van der Waals surface area contributed by atoms with Gasteiger partial charge in [-0.25, -0.2) is 0 Å². The van der Waals surface area contributed by atoms with Crippen molar-refractivity contribution in [2.24, 2.45) is 23.6 Å². The number of nitrogens with two attached hydrogens (primary N) is 1. The van der Waals surface area contributed by atoms with E-state index in [1.165, 1.54) is 25.7 Å². The Labute approximate surface area is 126 Å². The Balaban J connectivity index is 1.71. The van der Waals surface area contributed by atoms with Gasteiger partial charge in [-0.15, -0.1) is 0 Å². The van der Waals surface area contributed by atoms with Gasteiger partial charge < -0.3 is 10.3 Å². The SMILES string of the molecule is Cc1ccc(NN)c(C(=O)N(C)CC2CC3CCC2C3)c1. The lowest BCUT2D eigenvalue weighted by Gasteiger charge is -2.27. The van der Waals surface area contributed by atoms with Crippen molar-refractivity contribution in [1.82, 2.24) is 4.90 Å². The number of benzene rings is 1. The summed E-state index contributed by atoms with van der Waals surface area (Å²) in [5.74, 6) is 8.05. The molecule has 0 aliphatic heterocycles. The van der Waals surface area contributed by atoms with Crippen molar-refractivity contribution in [2.75, 3.05) is 19.0 Å². The van der Waals surface area contributed by atoms with Crippen molar-refractivity contribution in [3.05, 3.63) is 29.3 Å². The number of carbonyl (C=O) groups is 1. The van der Waals surface area contributed by atoms with Crippen LogP contribution in [0, 0.1) is 24.7 Å². The first-order chi connectivity index (χ1) is 10.1. The highest BCUT2D eigenvalue weighted by Gasteiger charge is 2.40. The molecular formula is C17H25N3O. The lowest BCUT2D eigenvalue weighted by atomic mass is 9.88. The molecule has 2 aliphatic rings. The summed E-state index contributed by atoms with van der Waals surface area (Å²) in [6, 6.07) is 5.74. The van der Waals surface area contributed by atoms with E-state index in [1.54, 1.807) is 0 Å². The van der Waals surface area contributed by atoms with E-state index >= 15 is 0 Å². The fourth-order valence-electron chi connectivity index (χ4n) is 4.20. The van der Waals surface area contributed by atoms with Gasteiger partial charge >= 0.3 is 0 Å². The molecule has 4 heteroatoms. The van der Waals surface area contributed by atoms with Crippen LogP contribution in [0.25, 0.3) is 0 Å². The molecule has 4 nitrogen and oxygen atoms in total. The van der Waals surface area contributed by atoms with E-state index in [1.807, 2.05) is 37.1 Å². The zero-order chi connectivity index (χ0) is 15.0. The molecule has 0 spiro atoms. The third-order valence-corrected chi connectivity index (χ3v) is 5.30. The average molecular weight is 287 g/mol. The van der Waals surface area contributed by atoms with Crippen LogP contribution in [-0.2, 0) is 0 Å². The molecule has 0 heterocycles. The number of carbonyl (C=O) groups excluding carboxylic acids is 1. The number of hydrogen-bond acceptors (Lipinski definition) is 3. The van der Waals surface area contributed by atoms with E-state index in [-0.39, 0.29) is 5.91 Å². The Morgan fingerprint density at radius 3 is 2.81 bits per heavy atom. The average Bonchev–Trinajstić information content (AvgIpc) is 3.09. The van der Waals surface area contributed by atoms with Crippen LogP contribution in [0.4, 0.5) is 5.69 Å². The summed E-state index contributed by atoms with van der Waals surface area (Å²) in [5.41, 5.74) is 5.08. The maximum absolute atomic E-state index is 12.7. The molecule has 3 unspecified atom stereocenters. The molecule has 0 aromatic heterocycles. The topological polar surface area (TPSA) is 58.4 Å². The van der Waals surface area contributed by atoms with Gasteiger partial charge in [-0.2, -0.15) is 0 Å². The normalized spacial score (nSPS) is 26.9. The molecule has 2 saturated carbocycles. The second kappa shape index (κ2) is 5.68. The highest BCUT2D eigenvalue weighted by atomic mass is 16.2. The number of nitrogen functional groups attached to an aromatic ring is 1. The van der Waals surface area contributed by atoms with Crippen molar-refractivity contribution in [3.63, 3.8) is 0 Å². The predicted molar refractivity (Wildman–Crippen MR) is 84.9 cm³/mol. The van der Waals surface area contributed by atoms with Gasteiger partial charge in [0.25, 0.3) is 5.91 Å². The van der Waals surface area contributed by atoms with Crippen molar-refractivity contribution in [1.29, 1.82) is 0 Å². The molecule has 3 atom stereocenters. The third-order valence-electron chi connectivity index (χ3n) is 5.30. The van der Waals surface area contributed by atoms with Gasteiger partial charge in [-0.1, -0.05) is 18.1 Å². The molecular weight excluding hydrogens is 262 g/mol. The van der Waals surface area contributed by atoms with Gasteiger partial charge in [0.2, 0.25) is 0 Å². The van der Waals surface area contributed by atoms with E-state index in [4.69, 9.17) is 5.84 Å². The molecule has 0 radical (unpaired) electrons. The van der Waals surface area contributed by atoms with E-state index < -0.39 is 0 Å². The van der Waals surface area contributed by atoms with Crippen LogP contribution in [0.5, 0.6) is 0 Å². The maximum atomic E-state index is 12.7. The summed E-state index contributed by atoms with van der Waals surface area (Å²) in [6.07, 6.45) is 5.44. The standard InChI is InChI=1S/C17H25N3O/c1-11-3-6-16(19-18)15(7-11)17(21)20(2)10-14-9-12-4-5-13(14)8-12/h3,6-7,12-14,19H,4-5,8-10,18H2,1-2H3. The number of anilines is 1. The predicted octanol–water partition coefficient (Wildman–Crippen LogP) is 2.79. The Hall–Kier alpha value is -1.55. The van der Waals surface area contributed by atoms with Crippen LogP contribution in [0.2, 0.25) is 0 Å². The fraction of sp³-hybridized carbons (Fsp3) is 0.588. The molecule has 2 bridgehead atoms. The van der Waals surface area contributed by atoms with Crippen LogP contribution < -0.4 is 11.3 Å². The zero-order valence-electron chi connectivity index (χ0n) is 12.9. The van der Waals surface area contributed by atoms with Crippen molar-refractivity contribution < 1.29 is 4.79 Å². The Kier molecular flexibility index (Phi) is 3.89. The molecule has 3 rings (SSSR count). The number of aryl methyl sites for hydroxylation is 1. The van der Waals surface area contributed by atoms with E-state index in [2.05, 4.69) is 5.43 Å². The lowest BCUT2D eigenvalue weighted by molar-refractivity contribution is 0.0755. The molecule has 1 aromatic rings. The van der Waals surface area contributed by atoms with Gasteiger partial charge in [0, 0.05) is 13.6 Å². The molecule has 21 heavy (non-hydrogen) atoms. The minimum atomic E-state index is 0.0643. The van der Waals surface area contributed by atoms with Gasteiger partial charge in [0.1, 0.15) is 0 Å². The van der Waals surface area contributed by atoms with Crippen LogP contribution >= 0.6 is 0 Å². The summed E-state index contributed by atoms with van der Waals surface area (Å²) in [4.78, 5) is 14.6. The van der Waals surface area contributed by atoms with Crippen molar-refractivity contribution in [3.8, 4) is 0 Å². The third kappa shape index (κ3) is 2.77. The summed E-state index contributed by atoms with van der Waals surface area (Å²) < 4.78 is 0. The number of fused-ring (bicyclic) bond motifs is 2. The molecule has 3 N–H and O–H groups in total. The first-order valence-electron chi connectivity index (χ1n) is 7.91. The number of hydrogen-bond donors (Lipinski definition) is 2. The van der Waals surface area contributed by atoms with Crippen LogP contribution in [0.3, 0.4) is 0 Å². The molecule has 1 amide bonds. The lowest BCUT2D eigenvalue weighted by Crippen LogP contribution is -2.34. The second-order valence-electron chi connectivity index (χ2n) is 6.81. The minimum absolute atomic E-state index is 0.0643. The highest BCUT2D eigenvalue weighted by molar-refractivity contribution is 5.99. The number of nitrogens with zero attached hydrogens (tertiary/aromatic N) is 1. The maximum Gasteiger partial charge on any atom is 0.255 e. The number of nitrogens with one attached hydrogen (secondary N) is 1. The molecule has 2 fully saturated rings. The van der Waals surface area contributed by atoms with E-state index in [9.17, 15) is 4.79 Å². The first kappa shape index (κ1) is 14.4. The quantitative estimate of drug-likeness (QED) is 0.661. The zero-order valence-corrected chi connectivity index (χ0v) is 12.9. The Morgan fingerprint density at radius 2 is 2.19 bits per heavy atom. The number of hydrazine groups is 1. The monoisotopic (exact) mass is 287 g/mol. The molecule has 1 aromatic carbocycles. The number of rotatable bonds is 4. The van der Waals surface area contributed by atoms with Gasteiger partial charge in [-0.05, 0) is 56.1 Å². The molecule has 2 aliphatic carbocycles. The Bertz CT molecular complexity index is 543. The van der Waals surface area contributed by atoms with Crippen LogP contribution in [0.1, 0.15) is 41.6 Å². The largest absolute Gasteiger partial charge is 0.341 e. The number of amides is 1. The Morgan fingerprint density at radius 1 is 1.38 bits per heavy atom. The summed E-state index contributed by atoms with van der Waals surface area (Å²) in [6.45, 7) is 2.87. The van der Waals surface area contributed by atoms with Crippen LogP contribution in [0.15, 0.2) is 18.2 Å². The summed E-state index contributed by atoms with van der Waals surface area (Å²) >= 11 is 0. The van der Waals surface area contributed by atoms with Crippen LogP contribution in [-0.4, -0.2) is 24.4 Å². The second-order valence-corrected chi connectivity index (χ2v) is 6.81. The first-order valence-corrected chi connectivity index (χ1v) is 7.91. The molecule has 0 saturated heterocycles. The van der Waals surface area contributed by atoms with Crippen molar-refractivity contribution in [2.45, 2.75) is 32.6 Å².